The van der Waals surface area contributed by atoms with E-state index in [2.05, 4.69) is 4.98 Å². The first kappa shape index (κ1) is 15.3. The summed E-state index contributed by atoms with van der Waals surface area (Å²) in [5, 5.41) is 0.580. The molecule has 0 bridgehead atoms. The predicted octanol–water partition coefficient (Wildman–Crippen LogP) is 2.04. The van der Waals surface area contributed by atoms with Crippen LogP contribution in [-0.4, -0.2) is 63.5 Å². The second kappa shape index (κ2) is 5.37. The largest absolute Gasteiger partial charge is 0.439 e. The Bertz CT molecular complexity index is 836. The Balaban J connectivity index is 1.58. The molecule has 2 aliphatic rings. The molecule has 24 heavy (non-hydrogen) atoms. The molecule has 0 radical (unpaired) electrons. The lowest BCUT2D eigenvalue weighted by molar-refractivity contribution is -0.00538. The summed E-state index contributed by atoms with van der Waals surface area (Å²) in [4.78, 5) is 32.2. The Kier molecular flexibility index (Phi) is 3.42. The first-order valence-corrected chi connectivity index (χ1v) is 8.21. The summed E-state index contributed by atoms with van der Waals surface area (Å²) >= 11 is 5.97. The molecule has 2 amide bonds. The molecular weight excluding hydrogens is 332 g/mol. The molecule has 2 fully saturated rings. The van der Waals surface area contributed by atoms with Gasteiger partial charge in [-0.2, -0.15) is 0 Å². The zero-order valence-electron chi connectivity index (χ0n) is 13.2. The highest BCUT2D eigenvalue weighted by Gasteiger charge is 2.47. The van der Waals surface area contributed by atoms with Gasteiger partial charge < -0.3 is 18.9 Å². The van der Waals surface area contributed by atoms with E-state index < -0.39 is 5.60 Å². The number of piperidine rings is 1. The van der Waals surface area contributed by atoms with Gasteiger partial charge in [-0.3, -0.25) is 4.79 Å². The van der Waals surface area contributed by atoms with E-state index in [0.29, 0.717) is 36.0 Å². The summed E-state index contributed by atoms with van der Waals surface area (Å²) in [5.41, 5.74) is 0.441. The van der Waals surface area contributed by atoms with E-state index in [4.69, 9.17) is 16.3 Å². The second-order valence-corrected chi connectivity index (χ2v) is 6.91. The Labute approximate surface area is 143 Å². The van der Waals surface area contributed by atoms with Gasteiger partial charge in [0.2, 0.25) is 0 Å². The van der Waals surface area contributed by atoms with Crippen LogP contribution in [0.1, 0.15) is 23.3 Å². The molecule has 0 aliphatic carbocycles. The molecule has 0 aromatic carbocycles. The average molecular weight is 349 g/mol. The number of nitrogens with zero attached hydrogens (tertiary/aromatic N) is 4. The van der Waals surface area contributed by atoms with Gasteiger partial charge in [-0.1, -0.05) is 11.6 Å². The van der Waals surface area contributed by atoms with E-state index in [-0.39, 0.29) is 12.0 Å². The number of amides is 2. The summed E-state index contributed by atoms with van der Waals surface area (Å²) in [6.07, 6.45) is 4.63. The van der Waals surface area contributed by atoms with Crippen molar-refractivity contribution >= 4 is 29.2 Å². The number of hydrogen-bond acceptors (Lipinski definition) is 4. The fourth-order valence-corrected chi connectivity index (χ4v) is 3.67. The summed E-state index contributed by atoms with van der Waals surface area (Å²) < 4.78 is 7.28. The summed E-state index contributed by atoms with van der Waals surface area (Å²) in [7, 11) is 1.71. The molecule has 2 aromatic heterocycles. The minimum absolute atomic E-state index is 0.153. The standard InChI is InChI=1S/C16H17ClN4O3/c1-19-9-16(24-15(19)23)5-2-6-20(10-16)14(22)12-8-21-7-11(17)3-4-13(21)18-12/h3-4,7-8H,2,5-6,9-10H2,1H3. The lowest BCUT2D eigenvalue weighted by atomic mass is 9.92. The van der Waals surface area contributed by atoms with Gasteiger partial charge in [-0.25, -0.2) is 9.78 Å². The maximum atomic E-state index is 12.8. The molecule has 2 aromatic rings. The Morgan fingerprint density at radius 2 is 2.17 bits per heavy atom. The molecule has 8 heteroatoms. The van der Waals surface area contributed by atoms with Crippen LogP contribution in [0.3, 0.4) is 0 Å². The number of fused-ring (bicyclic) bond motifs is 1. The Morgan fingerprint density at radius 1 is 1.33 bits per heavy atom. The number of halogens is 1. The molecule has 1 spiro atoms. The van der Waals surface area contributed by atoms with Gasteiger partial charge >= 0.3 is 6.09 Å². The van der Waals surface area contributed by atoms with E-state index in [0.717, 1.165) is 12.8 Å². The quantitative estimate of drug-likeness (QED) is 0.791. The number of rotatable bonds is 1. The molecule has 0 saturated carbocycles. The van der Waals surface area contributed by atoms with Gasteiger partial charge in [-0.05, 0) is 25.0 Å². The fourth-order valence-electron chi connectivity index (χ4n) is 3.51. The summed E-state index contributed by atoms with van der Waals surface area (Å²) in [6.45, 7) is 1.55. The molecule has 1 unspecified atom stereocenters. The third-order valence-corrected chi connectivity index (χ3v) is 4.83. The maximum Gasteiger partial charge on any atom is 0.410 e. The number of pyridine rings is 1. The van der Waals surface area contributed by atoms with Crippen LogP contribution in [-0.2, 0) is 4.74 Å². The molecule has 4 rings (SSSR count). The summed E-state index contributed by atoms with van der Waals surface area (Å²) in [5.74, 6) is -0.153. The van der Waals surface area contributed by atoms with Crippen molar-refractivity contribution in [3.8, 4) is 0 Å². The van der Waals surface area contributed by atoms with E-state index in [1.54, 1.807) is 45.8 Å². The molecule has 2 saturated heterocycles. The molecule has 0 N–H and O–H groups in total. The monoisotopic (exact) mass is 348 g/mol. The van der Waals surface area contributed by atoms with Gasteiger partial charge in [0.15, 0.2) is 0 Å². The lowest BCUT2D eigenvalue weighted by Crippen LogP contribution is -2.52. The number of aromatic nitrogens is 2. The first-order valence-electron chi connectivity index (χ1n) is 7.83. The zero-order chi connectivity index (χ0) is 16.9. The van der Waals surface area contributed by atoms with Crippen molar-refractivity contribution in [2.45, 2.75) is 18.4 Å². The molecule has 4 heterocycles. The van der Waals surface area contributed by atoms with Crippen LogP contribution in [0.5, 0.6) is 0 Å². The number of likely N-dealkylation sites (N-methyl/N-ethyl adjacent to an activating group) is 1. The van der Waals surface area contributed by atoms with Crippen molar-refractivity contribution in [1.29, 1.82) is 0 Å². The van der Waals surface area contributed by atoms with Gasteiger partial charge in [-0.15, -0.1) is 0 Å². The number of carbonyl (C=O) groups excluding carboxylic acids is 2. The molecule has 1 atom stereocenters. The SMILES string of the molecule is CN1CC2(CCCN(C(=O)c3cn4cc(Cl)ccc4n3)C2)OC1=O. The van der Waals surface area contributed by atoms with Crippen LogP contribution >= 0.6 is 11.6 Å². The van der Waals surface area contributed by atoms with Crippen molar-refractivity contribution in [2.75, 3.05) is 26.7 Å². The Hall–Kier alpha value is -2.28. The zero-order valence-corrected chi connectivity index (χ0v) is 14.0. The predicted molar refractivity (Wildman–Crippen MR) is 87.2 cm³/mol. The third kappa shape index (κ3) is 2.49. The topological polar surface area (TPSA) is 67.2 Å². The van der Waals surface area contributed by atoms with Crippen molar-refractivity contribution in [3.05, 3.63) is 35.2 Å². The van der Waals surface area contributed by atoms with Gasteiger partial charge in [0.1, 0.15) is 16.9 Å². The number of imidazole rings is 1. The van der Waals surface area contributed by atoms with Crippen LogP contribution in [0.4, 0.5) is 4.79 Å². The number of hydrogen-bond donors (Lipinski definition) is 0. The lowest BCUT2D eigenvalue weighted by Gasteiger charge is -2.38. The van der Waals surface area contributed by atoms with Gasteiger partial charge in [0, 0.05) is 26.0 Å². The van der Waals surface area contributed by atoms with E-state index in [1.807, 2.05) is 0 Å². The van der Waals surface area contributed by atoms with Crippen molar-refractivity contribution in [3.63, 3.8) is 0 Å². The highest BCUT2D eigenvalue weighted by atomic mass is 35.5. The second-order valence-electron chi connectivity index (χ2n) is 6.48. The Morgan fingerprint density at radius 3 is 2.92 bits per heavy atom. The van der Waals surface area contributed by atoms with Crippen molar-refractivity contribution < 1.29 is 14.3 Å². The highest BCUT2D eigenvalue weighted by Crippen LogP contribution is 2.32. The maximum absolute atomic E-state index is 12.8. The summed E-state index contributed by atoms with van der Waals surface area (Å²) in [6, 6.07) is 3.51. The highest BCUT2D eigenvalue weighted by molar-refractivity contribution is 6.30. The molecule has 2 aliphatic heterocycles. The van der Waals surface area contributed by atoms with Crippen LogP contribution in [0, 0.1) is 0 Å². The van der Waals surface area contributed by atoms with Crippen molar-refractivity contribution in [2.24, 2.45) is 0 Å². The van der Waals surface area contributed by atoms with Crippen LogP contribution in [0.15, 0.2) is 24.5 Å². The molecule has 126 valence electrons. The van der Waals surface area contributed by atoms with Crippen molar-refractivity contribution in [1.82, 2.24) is 19.2 Å². The van der Waals surface area contributed by atoms with E-state index in [1.165, 1.54) is 0 Å². The normalized spacial score (nSPS) is 24.0. The van der Waals surface area contributed by atoms with Crippen LogP contribution in [0.2, 0.25) is 5.02 Å². The number of carbonyl (C=O) groups is 2. The minimum Gasteiger partial charge on any atom is -0.439 e. The van der Waals surface area contributed by atoms with Crippen LogP contribution in [0.25, 0.3) is 5.65 Å². The van der Waals surface area contributed by atoms with E-state index >= 15 is 0 Å². The first-order chi connectivity index (χ1) is 11.5. The number of likely N-dealkylation sites (tertiary alicyclic amines) is 1. The van der Waals surface area contributed by atoms with E-state index in [9.17, 15) is 9.59 Å². The number of ether oxygens (including phenoxy) is 1. The molecular formula is C16H17ClN4O3. The minimum atomic E-state index is -0.595. The fraction of sp³-hybridized carbons (Fsp3) is 0.438. The third-order valence-electron chi connectivity index (χ3n) is 4.60. The van der Waals surface area contributed by atoms with Gasteiger partial charge in [0.25, 0.3) is 5.91 Å². The smallest absolute Gasteiger partial charge is 0.410 e. The average Bonchev–Trinajstić information content (AvgIpc) is 3.07. The van der Waals surface area contributed by atoms with Crippen LogP contribution < -0.4 is 0 Å². The molecule has 7 nitrogen and oxygen atoms in total. The van der Waals surface area contributed by atoms with Gasteiger partial charge in [0.05, 0.1) is 18.1 Å².